The lowest BCUT2D eigenvalue weighted by Gasteiger charge is -2.15. The SMILES string of the molecule is COc1cc(CC(=O)OCCCN2C(=O)c3ccccc3C2=O)cc(OC)c1OC. The first-order valence-electron chi connectivity index (χ1n) is 9.39. The first-order valence-corrected chi connectivity index (χ1v) is 9.39. The Morgan fingerprint density at radius 2 is 1.47 bits per heavy atom. The van der Waals surface area contributed by atoms with Gasteiger partial charge in [-0.2, -0.15) is 0 Å². The molecule has 2 amide bonds. The zero-order valence-electron chi connectivity index (χ0n) is 17.1. The Labute approximate surface area is 174 Å². The predicted molar refractivity (Wildman–Crippen MR) is 107 cm³/mol. The Morgan fingerprint density at radius 3 is 1.97 bits per heavy atom. The number of imide groups is 1. The number of amides is 2. The largest absolute Gasteiger partial charge is 0.493 e. The van der Waals surface area contributed by atoms with E-state index in [-0.39, 0.29) is 31.4 Å². The second-order valence-electron chi connectivity index (χ2n) is 6.59. The number of esters is 1. The summed E-state index contributed by atoms with van der Waals surface area (Å²) in [7, 11) is 4.50. The van der Waals surface area contributed by atoms with E-state index in [9.17, 15) is 14.4 Å². The fraction of sp³-hybridized carbons (Fsp3) is 0.318. The maximum Gasteiger partial charge on any atom is 0.310 e. The van der Waals surface area contributed by atoms with Crippen molar-refractivity contribution < 1.29 is 33.3 Å². The van der Waals surface area contributed by atoms with Crippen LogP contribution in [0, 0.1) is 0 Å². The van der Waals surface area contributed by atoms with Crippen molar-refractivity contribution in [3.63, 3.8) is 0 Å². The van der Waals surface area contributed by atoms with Gasteiger partial charge in [0.2, 0.25) is 5.75 Å². The second kappa shape index (κ2) is 9.30. The first-order chi connectivity index (χ1) is 14.5. The molecule has 0 saturated heterocycles. The fourth-order valence-electron chi connectivity index (χ4n) is 3.31. The molecule has 8 heteroatoms. The van der Waals surface area contributed by atoms with E-state index in [1.807, 2.05) is 0 Å². The van der Waals surface area contributed by atoms with Crippen LogP contribution >= 0.6 is 0 Å². The van der Waals surface area contributed by atoms with E-state index in [2.05, 4.69) is 0 Å². The van der Waals surface area contributed by atoms with Crippen LogP contribution in [0.4, 0.5) is 0 Å². The molecule has 0 atom stereocenters. The van der Waals surface area contributed by atoms with Gasteiger partial charge in [-0.15, -0.1) is 0 Å². The van der Waals surface area contributed by atoms with Crippen molar-refractivity contribution >= 4 is 17.8 Å². The minimum absolute atomic E-state index is 0.0176. The third kappa shape index (κ3) is 4.22. The Morgan fingerprint density at radius 1 is 0.900 bits per heavy atom. The van der Waals surface area contributed by atoms with Gasteiger partial charge in [-0.25, -0.2) is 0 Å². The average Bonchev–Trinajstić information content (AvgIpc) is 3.00. The molecule has 30 heavy (non-hydrogen) atoms. The standard InChI is InChI=1S/C22H23NO7/c1-27-17-11-14(12-18(28-2)20(17)29-3)13-19(24)30-10-6-9-23-21(25)15-7-4-5-8-16(15)22(23)26/h4-5,7-8,11-12H,6,9-10,13H2,1-3H3. The molecule has 8 nitrogen and oxygen atoms in total. The Kier molecular flexibility index (Phi) is 6.56. The molecule has 2 aromatic rings. The van der Waals surface area contributed by atoms with Gasteiger partial charge in [0.05, 0.1) is 45.5 Å². The van der Waals surface area contributed by atoms with E-state index in [1.54, 1.807) is 36.4 Å². The summed E-state index contributed by atoms with van der Waals surface area (Å²) in [6, 6.07) is 10.1. The maximum atomic E-state index is 12.3. The molecule has 0 fully saturated rings. The van der Waals surface area contributed by atoms with Crippen molar-refractivity contribution in [3.05, 3.63) is 53.1 Å². The molecule has 2 aromatic carbocycles. The summed E-state index contributed by atoms with van der Waals surface area (Å²) < 4.78 is 21.1. The molecule has 3 rings (SSSR count). The van der Waals surface area contributed by atoms with Crippen LogP contribution in [0.5, 0.6) is 17.2 Å². The number of ether oxygens (including phenoxy) is 4. The van der Waals surface area contributed by atoms with Crippen molar-refractivity contribution in [3.8, 4) is 17.2 Å². The van der Waals surface area contributed by atoms with Crippen molar-refractivity contribution in [2.24, 2.45) is 0 Å². The molecule has 158 valence electrons. The highest BCUT2D eigenvalue weighted by molar-refractivity contribution is 6.21. The van der Waals surface area contributed by atoms with Gasteiger partial charge in [-0.05, 0) is 36.2 Å². The molecular weight excluding hydrogens is 390 g/mol. The number of rotatable bonds is 9. The number of hydrogen-bond acceptors (Lipinski definition) is 7. The molecule has 0 aliphatic carbocycles. The number of methoxy groups -OCH3 is 3. The molecule has 0 spiro atoms. The maximum absolute atomic E-state index is 12.3. The summed E-state index contributed by atoms with van der Waals surface area (Å²) in [6.45, 7) is 0.278. The van der Waals surface area contributed by atoms with Crippen LogP contribution < -0.4 is 14.2 Å². The van der Waals surface area contributed by atoms with Crippen LogP contribution in [0.3, 0.4) is 0 Å². The highest BCUT2D eigenvalue weighted by Crippen LogP contribution is 2.38. The third-order valence-electron chi connectivity index (χ3n) is 4.74. The molecule has 1 aliphatic rings. The average molecular weight is 413 g/mol. The Bertz CT molecular complexity index is 910. The number of benzene rings is 2. The minimum Gasteiger partial charge on any atom is -0.493 e. The quantitative estimate of drug-likeness (QED) is 0.354. The zero-order chi connectivity index (χ0) is 21.7. The van der Waals surface area contributed by atoms with Crippen LogP contribution in [-0.4, -0.2) is 57.2 Å². The van der Waals surface area contributed by atoms with Gasteiger partial charge >= 0.3 is 5.97 Å². The minimum atomic E-state index is -0.438. The second-order valence-corrected chi connectivity index (χ2v) is 6.59. The molecule has 0 bridgehead atoms. The lowest BCUT2D eigenvalue weighted by Crippen LogP contribution is -2.31. The Hall–Kier alpha value is -3.55. The smallest absolute Gasteiger partial charge is 0.310 e. The van der Waals surface area contributed by atoms with Gasteiger partial charge in [-0.3, -0.25) is 19.3 Å². The van der Waals surface area contributed by atoms with Crippen molar-refractivity contribution in [2.75, 3.05) is 34.5 Å². The monoisotopic (exact) mass is 413 g/mol. The molecule has 1 heterocycles. The lowest BCUT2D eigenvalue weighted by molar-refractivity contribution is -0.142. The van der Waals surface area contributed by atoms with Crippen LogP contribution in [0.2, 0.25) is 0 Å². The summed E-state index contributed by atoms with van der Waals surface area (Å²) in [5.74, 6) is 0.263. The molecule has 1 aliphatic heterocycles. The summed E-state index contributed by atoms with van der Waals surface area (Å²) >= 11 is 0. The summed E-state index contributed by atoms with van der Waals surface area (Å²) in [6.07, 6.45) is 0.371. The van der Waals surface area contributed by atoms with Gasteiger partial charge in [0.15, 0.2) is 11.5 Å². The number of carbonyl (C=O) groups is 3. The molecule has 0 aromatic heterocycles. The fourth-order valence-corrected chi connectivity index (χ4v) is 3.31. The molecule has 0 saturated carbocycles. The van der Waals surface area contributed by atoms with E-state index >= 15 is 0 Å². The van der Waals surface area contributed by atoms with E-state index < -0.39 is 5.97 Å². The van der Waals surface area contributed by atoms with Crippen LogP contribution in [0.25, 0.3) is 0 Å². The molecule has 0 N–H and O–H groups in total. The van der Waals surface area contributed by atoms with E-state index in [4.69, 9.17) is 18.9 Å². The van der Waals surface area contributed by atoms with Crippen LogP contribution in [0.1, 0.15) is 32.7 Å². The molecule has 0 radical (unpaired) electrons. The van der Waals surface area contributed by atoms with Crippen molar-refractivity contribution in [2.45, 2.75) is 12.8 Å². The van der Waals surface area contributed by atoms with Gasteiger partial charge in [-0.1, -0.05) is 12.1 Å². The number of hydrogen-bond donors (Lipinski definition) is 0. The zero-order valence-corrected chi connectivity index (χ0v) is 17.1. The van der Waals surface area contributed by atoms with Gasteiger partial charge in [0.1, 0.15) is 0 Å². The lowest BCUT2D eigenvalue weighted by atomic mass is 10.1. The first kappa shape index (κ1) is 21.2. The summed E-state index contributed by atoms with van der Waals surface area (Å²) in [4.78, 5) is 38.0. The van der Waals surface area contributed by atoms with Crippen LogP contribution in [0.15, 0.2) is 36.4 Å². The number of carbonyl (C=O) groups excluding carboxylic acids is 3. The highest BCUT2D eigenvalue weighted by atomic mass is 16.5. The topological polar surface area (TPSA) is 91.4 Å². The van der Waals surface area contributed by atoms with Crippen LogP contribution in [-0.2, 0) is 16.0 Å². The Balaban J connectivity index is 1.51. The molecule has 0 unspecified atom stereocenters. The van der Waals surface area contributed by atoms with Crippen molar-refractivity contribution in [1.82, 2.24) is 4.90 Å². The molecular formula is C22H23NO7. The van der Waals surface area contributed by atoms with E-state index in [1.165, 1.54) is 26.2 Å². The normalized spacial score (nSPS) is 12.6. The van der Waals surface area contributed by atoms with E-state index in [0.29, 0.717) is 40.4 Å². The van der Waals surface area contributed by atoms with Gasteiger partial charge in [0, 0.05) is 6.54 Å². The van der Waals surface area contributed by atoms with Gasteiger partial charge in [0.25, 0.3) is 11.8 Å². The van der Waals surface area contributed by atoms with Crippen molar-refractivity contribution in [1.29, 1.82) is 0 Å². The summed E-state index contributed by atoms with van der Waals surface area (Å²) in [5.41, 5.74) is 1.46. The highest BCUT2D eigenvalue weighted by Gasteiger charge is 2.34. The predicted octanol–water partition coefficient (Wildman–Crippen LogP) is 2.48. The summed E-state index contributed by atoms with van der Waals surface area (Å²) in [5, 5.41) is 0. The third-order valence-corrected chi connectivity index (χ3v) is 4.74. The van der Waals surface area contributed by atoms with Gasteiger partial charge < -0.3 is 18.9 Å². The number of nitrogens with zero attached hydrogens (tertiary/aromatic N) is 1. The number of fused-ring (bicyclic) bond motifs is 1. The van der Waals surface area contributed by atoms with E-state index in [0.717, 1.165) is 0 Å².